The van der Waals surface area contributed by atoms with Crippen LogP contribution in [-0.2, 0) is 22.5 Å². The number of aliphatic imine (C=N–C) groups is 1. The lowest BCUT2D eigenvalue weighted by molar-refractivity contribution is -0.109. The molecule has 11 heteroatoms. The third kappa shape index (κ3) is 7.74. The Morgan fingerprint density at radius 1 is 1.22 bits per heavy atom. The molecule has 1 aromatic heterocycles. The molecule has 4 N–H and O–H groups in total. The van der Waals surface area contributed by atoms with Crippen molar-refractivity contribution in [3.63, 3.8) is 0 Å². The Hall–Kier alpha value is -3.54. The summed E-state index contributed by atoms with van der Waals surface area (Å²) in [7, 11) is 0. The van der Waals surface area contributed by atoms with Crippen LogP contribution < -0.4 is 10.9 Å². The SMILES string of the molecule is C=Nc1c(O)c(C)c(=O)n2c1/C(=C/Cc1ccc(F)cc1)OCC2.O=CNCCN(CCO)CCO. The third-order valence-electron chi connectivity index (χ3n) is 5.53. The molecule has 0 saturated carbocycles. The van der Waals surface area contributed by atoms with Crippen LogP contribution in [0.4, 0.5) is 10.1 Å². The zero-order chi connectivity index (χ0) is 26.5. The smallest absolute Gasteiger partial charge is 0.258 e. The molecule has 0 spiro atoms. The van der Waals surface area contributed by atoms with Crippen LogP contribution in [-0.4, -0.2) is 83.9 Å². The fourth-order valence-electron chi connectivity index (χ4n) is 3.64. The van der Waals surface area contributed by atoms with Gasteiger partial charge in [-0.3, -0.25) is 24.0 Å². The Morgan fingerprint density at radius 3 is 2.47 bits per heavy atom. The average molecular weight is 505 g/mol. The number of aliphatic hydroxyl groups excluding tert-OH is 2. The first-order valence-electron chi connectivity index (χ1n) is 11.5. The summed E-state index contributed by atoms with van der Waals surface area (Å²) in [5.74, 6) is -0.0180. The van der Waals surface area contributed by atoms with Gasteiger partial charge in [-0.05, 0) is 43.8 Å². The summed E-state index contributed by atoms with van der Waals surface area (Å²) in [4.78, 5) is 28.0. The zero-order valence-corrected chi connectivity index (χ0v) is 20.3. The number of carbonyl (C=O) groups excluding carboxylic acids is 1. The number of rotatable bonds is 11. The van der Waals surface area contributed by atoms with E-state index in [1.165, 1.54) is 12.1 Å². The minimum atomic E-state index is -0.296. The van der Waals surface area contributed by atoms with Gasteiger partial charge in [-0.1, -0.05) is 12.1 Å². The first-order chi connectivity index (χ1) is 17.4. The molecule has 36 heavy (non-hydrogen) atoms. The molecular weight excluding hydrogens is 471 g/mol. The highest BCUT2D eigenvalue weighted by Gasteiger charge is 2.25. The molecule has 2 aromatic rings. The van der Waals surface area contributed by atoms with E-state index in [4.69, 9.17) is 14.9 Å². The molecule has 0 bridgehead atoms. The molecule has 2 heterocycles. The van der Waals surface area contributed by atoms with E-state index in [1.807, 2.05) is 4.90 Å². The van der Waals surface area contributed by atoms with Crippen molar-refractivity contribution in [2.45, 2.75) is 19.9 Å². The van der Waals surface area contributed by atoms with Crippen molar-refractivity contribution >= 4 is 24.6 Å². The van der Waals surface area contributed by atoms with Crippen molar-refractivity contribution in [1.29, 1.82) is 0 Å². The summed E-state index contributed by atoms with van der Waals surface area (Å²) >= 11 is 0. The summed E-state index contributed by atoms with van der Waals surface area (Å²) < 4.78 is 20.2. The number of aromatic nitrogens is 1. The van der Waals surface area contributed by atoms with Gasteiger partial charge in [0.2, 0.25) is 6.41 Å². The van der Waals surface area contributed by atoms with Gasteiger partial charge in [0.1, 0.15) is 29.6 Å². The lowest BCUT2D eigenvalue weighted by atomic mass is 10.1. The maximum absolute atomic E-state index is 13.0. The van der Waals surface area contributed by atoms with Crippen LogP contribution >= 0.6 is 0 Å². The first-order valence-corrected chi connectivity index (χ1v) is 11.5. The molecule has 0 fully saturated rings. The van der Waals surface area contributed by atoms with Crippen molar-refractivity contribution in [1.82, 2.24) is 14.8 Å². The van der Waals surface area contributed by atoms with Crippen LogP contribution in [0.2, 0.25) is 0 Å². The number of allylic oxidation sites excluding steroid dienone is 1. The van der Waals surface area contributed by atoms with Gasteiger partial charge in [-0.25, -0.2) is 4.39 Å². The Kier molecular flexibility index (Phi) is 11.8. The number of halogens is 1. The van der Waals surface area contributed by atoms with E-state index >= 15 is 0 Å². The van der Waals surface area contributed by atoms with E-state index in [1.54, 1.807) is 29.7 Å². The Labute approximate surface area is 209 Å². The zero-order valence-electron chi connectivity index (χ0n) is 20.3. The number of hydrogen-bond donors (Lipinski definition) is 4. The van der Waals surface area contributed by atoms with Crippen molar-refractivity contribution in [3.05, 3.63) is 63.3 Å². The summed E-state index contributed by atoms with van der Waals surface area (Å²) in [5.41, 5.74) is 1.52. The summed E-state index contributed by atoms with van der Waals surface area (Å²) in [6.45, 7) is 8.16. The molecule has 1 aromatic carbocycles. The fraction of sp³-hybridized carbons (Fsp3) is 0.400. The molecule has 0 radical (unpaired) electrons. The number of fused-ring (bicyclic) bond motifs is 1. The molecule has 0 aliphatic carbocycles. The Balaban J connectivity index is 0.000000324. The minimum Gasteiger partial charge on any atom is -0.505 e. The van der Waals surface area contributed by atoms with Gasteiger partial charge in [0.25, 0.3) is 5.56 Å². The normalized spacial score (nSPS) is 13.4. The second-order valence-corrected chi connectivity index (χ2v) is 7.89. The van der Waals surface area contributed by atoms with Crippen LogP contribution in [0.1, 0.15) is 16.8 Å². The van der Waals surface area contributed by atoms with Crippen LogP contribution in [0.5, 0.6) is 5.75 Å². The Morgan fingerprint density at radius 2 is 1.89 bits per heavy atom. The molecule has 0 atom stereocenters. The second-order valence-electron chi connectivity index (χ2n) is 7.89. The van der Waals surface area contributed by atoms with Crippen molar-refractivity contribution in [2.24, 2.45) is 4.99 Å². The number of ether oxygens (including phenoxy) is 1. The number of amides is 1. The van der Waals surface area contributed by atoms with E-state index in [9.17, 15) is 19.1 Å². The number of aromatic hydroxyl groups is 1. The molecule has 1 aliphatic heterocycles. The molecule has 1 aliphatic rings. The monoisotopic (exact) mass is 504 g/mol. The van der Waals surface area contributed by atoms with Crippen LogP contribution in [0.15, 0.2) is 40.1 Å². The summed E-state index contributed by atoms with van der Waals surface area (Å²) in [5, 5.41) is 29.9. The third-order valence-corrected chi connectivity index (χ3v) is 5.53. The molecular formula is C25H33FN4O6. The highest BCUT2D eigenvalue weighted by Crippen LogP contribution is 2.37. The predicted octanol–water partition coefficient (Wildman–Crippen LogP) is 0.966. The number of hydrogen-bond acceptors (Lipinski definition) is 8. The highest BCUT2D eigenvalue weighted by atomic mass is 19.1. The molecule has 196 valence electrons. The number of nitrogens with zero attached hydrogens (tertiary/aromatic N) is 3. The van der Waals surface area contributed by atoms with Crippen molar-refractivity contribution in [3.8, 4) is 5.75 Å². The van der Waals surface area contributed by atoms with Crippen LogP contribution in [0.25, 0.3) is 5.76 Å². The molecule has 3 rings (SSSR count). The van der Waals surface area contributed by atoms with E-state index in [0.29, 0.717) is 63.6 Å². The van der Waals surface area contributed by atoms with Gasteiger partial charge < -0.3 is 25.4 Å². The number of benzene rings is 1. The molecule has 0 saturated heterocycles. The summed E-state index contributed by atoms with van der Waals surface area (Å²) in [6, 6.07) is 6.14. The molecule has 0 unspecified atom stereocenters. The average Bonchev–Trinajstić information content (AvgIpc) is 2.88. The van der Waals surface area contributed by atoms with E-state index in [2.05, 4.69) is 17.0 Å². The number of aliphatic hydroxyl groups is 2. The topological polar surface area (TPSA) is 137 Å². The molecule has 1 amide bonds. The minimum absolute atomic E-state index is 0.0705. The van der Waals surface area contributed by atoms with Crippen LogP contribution in [0, 0.1) is 12.7 Å². The van der Waals surface area contributed by atoms with Crippen LogP contribution in [0.3, 0.4) is 0 Å². The van der Waals surface area contributed by atoms with Crippen molar-refractivity contribution < 1.29 is 29.2 Å². The number of carbonyl (C=O) groups is 1. The number of nitrogens with one attached hydrogen (secondary N) is 1. The van der Waals surface area contributed by atoms with E-state index < -0.39 is 0 Å². The van der Waals surface area contributed by atoms with Gasteiger partial charge >= 0.3 is 0 Å². The van der Waals surface area contributed by atoms with Gasteiger partial charge in [0, 0.05) is 26.2 Å². The fourth-order valence-corrected chi connectivity index (χ4v) is 3.64. The largest absolute Gasteiger partial charge is 0.505 e. The second kappa shape index (κ2) is 14.8. The molecule has 10 nitrogen and oxygen atoms in total. The quantitative estimate of drug-likeness (QED) is 0.203. The van der Waals surface area contributed by atoms with E-state index in [-0.39, 0.29) is 41.6 Å². The maximum Gasteiger partial charge on any atom is 0.258 e. The Bertz CT molecular complexity index is 1100. The van der Waals surface area contributed by atoms with Gasteiger partial charge in [-0.15, -0.1) is 0 Å². The van der Waals surface area contributed by atoms with Gasteiger partial charge in [0.05, 0.1) is 25.3 Å². The standard InChI is InChI=1S/C18H17FN2O3.C7H16N2O3/c1-11-17(22)15(20-2)16-14(24-10-9-21(16)18(11)23)8-5-12-3-6-13(19)7-4-12;10-5-3-9(4-6-11)2-1-8-7-12/h3-4,6-8,22H,2,5,9-10H2,1H3;7,10-11H,1-6H2,(H,8,12)/b14-8-;. The maximum atomic E-state index is 13.0. The highest BCUT2D eigenvalue weighted by molar-refractivity contribution is 5.75. The van der Waals surface area contributed by atoms with Gasteiger partial charge in [0.15, 0.2) is 5.75 Å². The van der Waals surface area contributed by atoms with E-state index in [0.717, 1.165) is 5.56 Å². The number of pyridine rings is 1. The predicted molar refractivity (Wildman–Crippen MR) is 135 cm³/mol. The van der Waals surface area contributed by atoms with Crippen molar-refractivity contribution in [2.75, 3.05) is 46.0 Å². The lowest BCUT2D eigenvalue weighted by Gasteiger charge is -2.24. The van der Waals surface area contributed by atoms with Gasteiger partial charge in [-0.2, -0.15) is 0 Å². The summed E-state index contributed by atoms with van der Waals surface area (Å²) in [6.07, 6.45) is 2.92. The first kappa shape index (κ1) is 28.7. The lowest BCUT2D eigenvalue weighted by Crippen LogP contribution is -2.35.